The number of carbonyl (C=O) groups is 1. The predicted molar refractivity (Wildman–Crippen MR) is 79.4 cm³/mol. The van der Waals surface area contributed by atoms with Crippen LogP contribution in [0.4, 0.5) is 4.79 Å². The molecule has 6 heteroatoms. The quantitative estimate of drug-likeness (QED) is 0.833. The van der Waals surface area contributed by atoms with E-state index in [0.717, 1.165) is 45.4 Å². The molecular weight excluding hydrogens is 272 g/mol. The summed E-state index contributed by atoms with van der Waals surface area (Å²) < 4.78 is 16.6. The van der Waals surface area contributed by atoms with Crippen molar-refractivity contribution in [3.63, 3.8) is 0 Å². The first-order chi connectivity index (χ1) is 10.3. The molecule has 0 aliphatic carbocycles. The van der Waals surface area contributed by atoms with E-state index in [9.17, 15) is 4.79 Å². The van der Waals surface area contributed by atoms with Crippen molar-refractivity contribution in [3.8, 4) is 0 Å². The molecule has 0 saturated carbocycles. The van der Waals surface area contributed by atoms with Gasteiger partial charge < -0.3 is 24.4 Å². The largest absolute Gasteiger partial charge is 0.378 e. The molecular formula is C15H28N2O4. The van der Waals surface area contributed by atoms with Gasteiger partial charge in [0.05, 0.1) is 32.0 Å². The lowest BCUT2D eigenvalue weighted by molar-refractivity contribution is -0.0855. The zero-order chi connectivity index (χ0) is 14.9. The van der Waals surface area contributed by atoms with Crippen LogP contribution in [0.25, 0.3) is 0 Å². The van der Waals surface area contributed by atoms with Crippen LogP contribution in [0.5, 0.6) is 0 Å². The minimum Gasteiger partial charge on any atom is -0.378 e. The lowest BCUT2D eigenvalue weighted by Crippen LogP contribution is -2.46. The van der Waals surface area contributed by atoms with Gasteiger partial charge in [-0.25, -0.2) is 4.79 Å². The second-order valence-corrected chi connectivity index (χ2v) is 5.66. The van der Waals surface area contributed by atoms with E-state index in [1.165, 1.54) is 0 Å². The molecule has 0 radical (unpaired) electrons. The Kier molecular flexibility index (Phi) is 7.26. The average molecular weight is 300 g/mol. The molecule has 2 rings (SSSR count). The Bertz CT molecular complexity index is 308. The summed E-state index contributed by atoms with van der Waals surface area (Å²) in [6, 6.07) is 0.000292. The zero-order valence-electron chi connectivity index (χ0n) is 13.0. The number of ether oxygens (including phenoxy) is 3. The first kappa shape index (κ1) is 16.5. The van der Waals surface area contributed by atoms with E-state index in [2.05, 4.69) is 12.2 Å². The van der Waals surface area contributed by atoms with Crippen molar-refractivity contribution in [2.45, 2.75) is 44.8 Å². The fourth-order valence-corrected chi connectivity index (χ4v) is 2.69. The molecule has 2 heterocycles. The van der Waals surface area contributed by atoms with E-state index in [1.807, 2.05) is 4.90 Å². The molecule has 2 aliphatic heterocycles. The number of likely N-dealkylation sites (tertiary alicyclic amines) is 1. The van der Waals surface area contributed by atoms with Gasteiger partial charge in [0.1, 0.15) is 0 Å². The molecule has 2 unspecified atom stereocenters. The topological polar surface area (TPSA) is 60.0 Å². The summed E-state index contributed by atoms with van der Waals surface area (Å²) in [6.45, 7) is 6.85. The van der Waals surface area contributed by atoms with Crippen LogP contribution in [0.1, 0.15) is 32.6 Å². The summed E-state index contributed by atoms with van der Waals surface area (Å²) in [6.07, 6.45) is 4.31. The minimum atomic E-state index is -0.0182. The van der Waals surface area contributed by atoms with Gasteiger partial charge in [-0.05, 0) is 25.7 Å². The van der Waals surface area contributed by atoms with Crippen LogP contribution in [0, 0.1) is 0 Å². The molecule has 0 aromatic rings. The Morgan fingerprint density at radius 2 is 2.24 bits per heavy atom. The molecule has 1 N–H and O–H groups in total. The van der Waals surface area contributed by atoms with Gasteiger partial charge in [-0.1, -0.05) is 6.92 Å². The third-order valence-electron chi connectivity index (χ3n) is 3.89. The Balaban J connectivity index is 1.67. The number of hydrogen-bond acceptors (Lipinski definition) is 4. The van der Waals surface area contributed by atoms with Gasteiger partial charge in [-0.2, -0.15) is 0 Å². The zero-order valence-corrected chi connectivity index (χ0v) is 13.0. The standard InChI is InChI=1S/C15H28N2O4/c1-2-8-20-13-4-3-6-17(7-5-13)15(18)16-11-14-12-19-9-10-21-14/h13-14H,2-12H2,1H3,(H,16,18). The van der Waals surface area contributed by atoms with Crippen molar-refractivity contribution in [2.24, 2.45) is 0 Å². The number of rotatable bonds is 5. The molecule has 0 aromatic carbocycles. The van der Waals surface area contributed by atoms with Crippen molar-refractivity contribution in [2.75, 3.05) is 46.1 Å². The van der Waals surface area contributed by atoms with Crippen LogP contribution in [-0.2, 0) is 14.2 Å². The van der Waals surface area contributed by atoms with E-state index >= 15 is 0 Å². The minimum absolute atomic E-state index is 0.000292. The second-order valence-electron chi connectivity index (χ2n) is 5.66. The predicted octanol–water partition coefficient (Wildman–Crippen LogP) is 1.39. The molecule has 0 aromatic heterocycles. The van der Waals surface area contributed by atoms with Crippen LogP contribution in [0.3, 0.4) is 0 Å². The Morgan fingerprint density at radius 1 is 1.33 bits per heavy atom. The molecule has 2 saturated heterocycles. The van der Waals surface area contributed by atoms with Crippen molar-refractivity contribution in [1.29, 1.82) is 0 Å². The van der Waals surface area contributed by atoms with Gasteiger partial charge in [-0.3, -0.25) is 0 Å². The molecule has 0 spiro atoms. The molecule has 6 nitrogen and oxygen atoms in total. The van der Waals surface area contributed by atoms with Gasteiger partial charge >= 0.3 is 6.03 Å². The molecule has 21 heavy (non-hydrogen) atoms. The highest BCUT2D eigenvalue weighted by atomic mass is 16.6. The number of hydrogen-bond donors (Lipinski definition) is 1. The number of urea groups is 1. The maximum absolute atomic E-state index is 12.2. The lowest BCUT2D eigenvalue weighted by Gasteiger charge is -2.26. The van der Waals surface area contributed by atoms with Gasteiger partial charge in [0.15, 0.2) is 0 Å². The highest BCUT2D eigenvalue weighted by Crippen LogP contribution is 2.14. The molecule has 2 atom stereocenters. The lowest BCUT2D eigenvalue weighted by atomic mass is 10.2. The Hall–Kier alpha value is -0.850. The van der Waals surface area contributed by atoms with Crippen LogP contribution >= 0.6 is 0 Å². The SMILES string of the molecule is CCCOC1CCCN(C(=O)NCC2COCCO2)CC1. The van der Waals surface area contributed by atoms with Gasteiger partial charge in [0.2, 0.25) is 0 Å². The first-order valence-corrected chi connectivity index (χ1v) is 8.13. The summed E-state index contributed by atoms with van der Waals surface area (Å²) in [5.41, 5.74) is 0. The summed E-state index contributed by atoms with van der Waals surface area (Å²) in [5.74, 6) is 0. The van der Waals surface area contributed by atoms with Crippen LogP contribution in [0.2, 0.25) is 0 Å². The maximum Gasteiger partial charge on any atom is 0.317 e. The van der Waals surface area contributed by atoms with Crippen molar-refractivity contribution in [3.05, 3.63) is 0 Å². The first-order valence-electron chi connectivity index (χ1n) is 8.13. The van der Waals surface area contributed by atoms with E-state index in [1.54, 1.807) is 0 Å². The summed E-state index contributed by atoms with van der Waals surface area (Å²) in [4.78, 5) is 14.1. The summed E-state index contributed by atoms with van der Waals surface area (Å²) in [5, 5.41) is 2.95. The van der Waals surface area contributed by atoms with Crippen LogP contribution in [-0.4, -0.2) is 69.2 Å². The smallest absolute Gasteiger partial charge is 0.317 e. The Morgan fingerprint density at radius 3 is 3.00 bits per heavy atom. The highest BCUT2D eigenvalue weighted by Gasteiger charge is 2.22. The van der Waals surface area contributed by atoms with Crippen molar-refractivity contribution < 1.29 is 19.0 Å². The third-order valence-corrected chi connectivity index (χ3v) is 3.89. The maximum atomic E-state index is 12.2. The molecule has 2 fully saturated rings. The molecule has 122 valence electrons. The van der Waals surface area contributed by atoms with Gasteiger partial charge in [0.25, 0.3) is 0 Å². The van der Waals surface area contributed by atoms with E-state index in [4.69, 9.17) is 14.2 Å². The molecule has 2 aliphatic rings. The highest BCUT2D eigenvalue weighted by molar-refractivity contribution is 5.74. The number of carbonyl (C=O) groups excluding carboxylic acids is 1. The van der Waals surface area contributed by atoms with Crippen molar-refractivity contribution in [1.82, 2.24) is 10.2 Å². The fourth-order valence-electron chi connectivity index (χ4n) is 2.69. The van der Waals surface area contributed by atoms with E-state index in [0.29, 0.717) is 32.5 Å². The van der Waals surface area contributed by atoms with E-state index in [-0.39, 0.29) is 12.1 Å². The normalized spacial score (nSPS) is 27.2. The number of nitrogens with one attached hydrogen (secondary N) is 1. The molecule has 0 bridgehead atoms. The fraction of sp³-hybridized carbons (Fsp3) is 0.933. The average Bonchev–Trinajstić information content (AvgIpc) is 2.77. The van der Waals surface area contributed by atoms with Crippen molar-refractivity contribution >= 4 is 6.03 Å². The second kappa shape index (κ2) is 9.23. The monoisotopic (exact) mass is 300 g/mol. The van der Waals surface area contributed by atoms with E-state index < -0.39 is 0 Å². The van der Waals surface area contributed by atoms with Gasteiger partial charge in [0, 0.05) is 26.2 Å². The Labute approximate surface area is 127 Å². The number of nitrogens with zero attached hydrogens (tertiary/aromatic N) is 1. The summed E-state index contributed by atoms with van der Waals surface area (Å²) in [7, 11) is 0. The van der Waals surface area contributed by atoms with Gasteiger partial charge in [-0.15, -0.1) is 0 Å². The van der Waals surface area contributed by atoms with Crippen LogP contribution < -0.4 is 5.32 Å². The van der Waals surface area contributed by atoms with Crippen LogP contribution in [0.15, 0.2) is 0 Å². The molecule has 2 amide bonds. The number of amides is 2. The summed E-state index contributed by atoms with van der Waals surface area (Å²) >= 11 is 0. The third kappa shape index (κ3) is 5.80.